The molecule has 0 aromatic heterocycles. The lowest BCUT2D eigenvalue weighted by Crippen LogP contribution is -2.30. The van der Waals surface area contributed by atoms with E-state index in [4.69, 9.17) is 16.3 Å². The predicted octanol–water partition coefficient (Wildman–Crippen LogP) is 3.44. The molecular formula is C17H16ClNO2. The number of carbonyl (C=O) groups is 1. The van der Waals surface area contributed by atoms with Gasteiger partial charge >= 0.3 is 0 Å². The van der Waals surface area contributed by atoms with Gasteiger partial charge in [0.1, 0.15) is 6.10 Å². The molecule has 3 rings (SSSR count). The minimum atomic E-state index is -0.375. The van der Waals surface area contributed by atoms with Crippen LogP contribution in [0.3, 0.4) is 0 Å². The first-order valence-electron chi connectivity index (χ1n) is 6.85. The molecular weight excluding hydrogens is 286 g/mol. The summed E-state index contributed by atoms with van der Waals surface area (Å²) in [7, 11) is 1.80. The van der Waals surface area contributed by atoms with Gasteiger partial charge < -0.3 is 9.64 Å². The fraction of sp³-hybridized carbons (Fsp3) is 0.235. The zero-order chi connectivity index (χ0) is 14.8. The number of benzene rings is 2. The van der Waals surface area contributed by atoms with Gasteiger partial charge in [0.2, 0.25) is 0 Å². The molecule has 1 aliphatic heterocycles. The van der Waals surface area contributed by atoms with E-state index in [1.165, 1.54) is 0 Å². The second-order valence-electron chi connectivity index (χ2n) is 5.21. The Morgan fingerprint density at radius 3 is 2.48 bits per heavy atom. The lowest BCUT2D eigenvalue weighted by molar-refractivity contribution is -0.131. The zero-order valence-electron chi connectivity index (χ0n) is 11.7. The maximum atomic E-state index is 12.3. The number of ether oxygens (including phenoxy) is 1. The van der Waals surface area contributed by atoms with E-state index >= 15 is 0 Å². The van der Waals surface area contributed by atoms with Gasteiger partial charge in [-0.25, -0.2) is 0 Å². The van der Waals surface area contributed by atoms with Gasteiger partial charge in [-0.1, -0.05) is 54.1 Å². The number of carbonyl (C=O) groups excluding carboxylic acids is 1. The number of epoxide rings is 1. The molecule has 2 aromatic rings. The lowest BCUT2D eigenvalue weighted by atomic mass is 10.1. The number of amides is 1. The number of likely N-dealkylation sites (N-methyl/N-ethyl adjacent to an activating group) is 1. The SMILES string of the molecule is CN(Cc1ccccc1)C(=O)[C@H]1O[C@@H]1c1ccc(Cl)cc1. The highest BCUT2D eigenvalue weighted by atomic mass is 35.5. The van der Waals surface area contributed by atoms with Crippen molar-refractivity contribution in [3.63, 3.8) is 0 Å². The fourth-order valence-electron chi connectivity index (χ4n) is 2.36. The van der Waals surface area contributed by atoms with Crippen LogP contribution in [0.25, 0.3) is 0 Å². The molecule has 1 saturated heterocycles. The Labute approximate surface area is 129 Å². The topological polar surface area (TPSA) is 32.8 Å². The molecule has 0 aliphatic carbocycles. The molecule has 2 aromatic carbocycles. The molecule has 0 unspecified atom stereocenters. The Morgan fingerprint density at radius 2 is 1.81 bits per heavy atom. The average molecular weight is 302 g/mol. The monoisotopic (exact) mass is 301 g/mol. The van der Waals surface area contributed by atoms with Crippen molar-refractivity contribution >= 4 is 17.5 Å². The molecule has 1 heterocycles. The molecule has 0 saturated carbocycles. The van der Waals surface area contributed by atoms with Gasteiger partial charge in [-0.05, 0) is 23.3 Å². The maximum Gasteiger partial charge on any atom is 0.254 e. The molecule has 0 bridgehead atoms. The zero-order valence-corrected chi connectivity index (χ0v) is 12.5. The summed E-state index contributed by atoms with van der Waals surface area (Å²) in [5, 5.41) is 0.684. The molecule has 1 amide bonds. The summed E-state index contributed by atoms with van der Waals surface area (Å²) in [4.78, 5) is 14.0. The van der Waals surface area contributed by atoms with Gasteiger partial charge in [0, 0.05) is 18.6 Å². The van der Waals surface area contributed by atoms with Crippen LogP contribution in [-0.4, -0.2) is 24.0 Å². The van der Waals surface area contributed by atoms with Crippen molar-refractivity contribution in [3.8, 4) is 0 Å². The summed E-state index contributed by atoms with van der Waals surface area (Å²) in [6.07, 6.45) is -0.520. The molecule has 0 radical (unpaired) electrons. The van der Waals surface area contributed by atoms with Crippen LogP contribution in [0.1, 0.15) is 17.2 Å². The van der Waals surface area contributed by atoms with Gasteiger partial charge in [-0.3, -0.25) is 4.79 Å². The smallest absolute Gasteiger partial charge is 0.254 e. The van der Waals surface area contributed by atoms with Gasteiger partial charge in [0.25, 0.3) is 5.91 Å². The molecule has 0 N–H and O–H groups in total. The van der Waals surface area contributed by atoms with Crippen molar-refractivity contribution in [1.82, 2.24) is 4.90 Å². The molecule has 21 heavy (non-hydrogen) atoms. The molecule has 1 aliphatic rings. The van der Waals surface area contributed by atoms with Gasteiger partial charge in [-0.2, -0.15) is 0 Å². The fourth-order valence-corrected chi connectivity index (χ4v) is 2.48. The third kappa shape index (κ3) is 3.26. The Kier molecular flexibility index (Phi) is 3.95. The van der Waals surface area contributed by atoms with E-state index in [0.29, 0.717) is 11.6 Å². The second kappa shape index (κ2) is 5.88. The van der Waals surface area contributed by atoms with E-state index in [0.717, 1.165) is 11.1 Å². The van der Waals surface area contributed by atoms with Crippen LogP contribution < -0.4 is 0 Å². The first-order chi connectivity index (χ1) is 10.1. The van der Waals surface area contributed by atoms with Crippen LogP contribution in [-0.2, 0) is 16.1 Å². The predicted molar refractivity (Wildman–Crippen MR) is 82.0 cm³/mol. The number of hydrogen-bond acceptors (Lipinski definition) is 2. The van der Waals surface area contributed by atoms with E-state index < -0.39 is 0 Å². The molecule has 0 spiro atoms. The van der Waals surface area contributed by atoms with Crippen LogP contribution in [0.4, 0.5) is 0 Å². The minimum Gasteiger partial charge on any atom is -0.354 e. The number of halogens is 1. The number of rotatable bonds is 4. The van der Waals surface area contributed by atoms with Crippen LogP contribution in [0.15, 0.2) is 54.6 Å². The third-order valence-corrected chi connectivity index (χ3v) is 3.82. The third-order valence-electron chi connectivity index (χ3n) is 3.57. The standard InChI is InChI=1S/C17H16ClNO2/c1-19(11-12-5-3-2-4-6-12)17(20)16-15(21-16)13-7-9-14(18)10-8-13/h2-10,15-16H,11H2,1H3/t15-,16+/m1/s1. The van der Waals surface area contributed by atoms with Crippen molar-refractivity contribution in [2.75, 3.05) is 7.05 Å². The molecule has 3 nitrogen and oxygen atoms in total. The van der Waals surface area contributed by atoms with E-state index in [9.17, 15) is 4.79 Å². The number of nitrogens with zero attached hydrogens (tertiary/aromatic N) is 1. The molecule has 4 heteroatoms. The van der Waals surface area contributed by atoms with Crippen molar-refractivity contribution in [1.29, 1.82) is 0 Å². The van der Waals surface area contributed by atoms with Crippen molar-refractivity contribution in [3.05, 3.63) is 70.7 Å². The first kappa shape index (κ1) is 14.1. The van der Waals surface area contributed by atoms with Crippen LogP contribution in [0, 0.1) is 0 Å². The van der Waals surface area contributed by atoms with E-state index in [2.05, 4.69) is 0 Å². The van der Waals surface area contributed by atoms with Crippen molar-refractivity contribution < 1.29 is 9.53 Å². The summed E-state index contributed by atoms with van der Waals surface area (Å²) in [5.74, 6) is 0.0128. The van der Waals surface area contributed by atoms with E-state index in [1.807, 2.05) is 54.6 Å². The Balaban J connectivity index is 1.61. The second-order valence-corrected chi connectivity index (χ2v) is 5.65. The summed E-state index contributed by atoms with van der Waals surface area (Å²) >= 11 is 5.86. The van der Waals surface area contributed by atoms with Gasteiger partial charge in [0.05, 0.1) is 0 Å². The summed E-state index contributed by atoms with van der Waals surface area (Å²) in [5.41, 5.74) is 2.10. The van der Waals surface area contributed by atoms with Gasteiger partial charge in [-0.15, -0.1) is 0 Å². The molecule has 108 valence electrons. The Morgan fingerprint density at radius 1 is 1.14 bits per heavy atom. The normalized spacial score (nSPS) is 20.1. The van der Waals surface area contributed by atoms with E-state index in [1.54, 1.807) is 11.9 Å². The van der Waals surface area contributed by atoms with Crippen molar-refractivity contribution in [2.45, 2.75) is 18.8 Å². The largest absolute Gasteiger partial charge is 0.354 e. The number of hydrogen-bond donors (Lipinski definition) is 0. The highest BCUT2D eigenvalue weighted by Gasteiger charge is 2.47. The lowest BCUT2D eigenvalue weighted by Gasteiger charge is -2.16. The van der Waals surface area contributed by atoms with Crippen LogP contribution >= 0.6 is 11.6 Å². The Hall–Kier alpha value is -1.84. The average Bonchev–Trinajstić information content (AvgIpc) is 3.28. The summed E-state index contributed by atoms with van der Waals surface area (Å²) in [6, 6.07) is 17.3. The first-order valence-corrected chi connectivity index (χ1v) is 7.23. The summed E-state index contributed by atoms with van der Waals surface area (Å²) < 4.78 is 5.53. The maximum absolute atomic E-state index is 12.3. The summed E-state index contributed by atoms with van der Waals surface area (Å²) in [6.45, 7) is 0.590. The van der Waals surface area contributed by atoms with Crippen LogP contribution in [0.2, 0.25) is 5.02 Å². The minimum absolute atomic E-state index is 0.0128. The van der Waals surface area contributed by atoms with Crippen molar-refractivity contribution in [2.24, 2.45) is 0 Å². The highest BCUT2D eigenvalue weighted by molar-refractivity contribution is 6.30. The van der Waals surface area contributed by atoms with Crippen LogP contribution in [0.5, 0.6) is 0 Å². The molecule has 2 atom stereocenters. The van der Waals surface area contributed by atoms with Gasteiger partial charge in [0.15, 0.2) is 6.10 Å². The highest BCUT2D eigenvalue weighted by Crippen LogP contribution is 2.40. The Bertz CT molecular complexity index is 627. The quantitative estimate of drug-likeness (QED) is 0.811. The van der Waals surface area contributed by atoms with E-state index in [-0.39, 0.29) is 18.1 Å². The molecule has 1 fully saturated rings.